The molecular weight excluding hydrogens is 218 g/mol. The van der Waals surface area contributed by atoms with E-state index in [0.29, 0.717) is 0 Å². The van der Waals surface area contributed by atoms with Crippen LogP contribution in [0, 0.1) is 13.8 Å². The first-order valence-electron chi connectivity index (χ1n) is 5.68. The maximum atomic E-state index is 6.30. The molecule has 16 heavy (non-hydrogen) atoms. The summed E-state index contributed by atoms with van der Waals surface area (Å²) in [6, 6.07) is 6.25. The normalized spacial score (nSPS) is 11.0. The first-order chi connectivity index (χ1) is 7.61. The van der Waals surface area contributed by atoms with Crippen LogP contribution in [0.3, 0.4) is 0 Å². The largest absolute Gasteiger partial charge is 0.252 e. The summed E-state index contributed by atoms with van der Waals surface area (Å²) >= 11 is 6.30. The smallest absolute Gasteiger partial charge is 0.0749 e. The highest BCUT2D eigenvalue weighted by molar-refractivity contribution is 6.35. The van der Waals surface area contributed by atoms with Gasteiger partial charge in [-0.2, -0.15) is 0 Å². The highest BCUT2D eigenvalue weighted by Crippen LogP contribution is 2.27. The van der Waals surface area contributed by atoms with E-state index in [1.165, 1.54) is 11.1 Å². The summed E-state index contributed by atoms with van der Waals surface area (Å²) in [6.07, 6.45) is 2.09. The fourth-order valence-electron chi connectivity index (χ4n) is 2.07. The second-order valence-electron chi connectivity index (χ2n) is 4.32. The summed E-state index contributed by atoms with van der Waals surface area (Å²) in [5.41, 5.74) is 4.57. The van der Waals surface area contributed by atoms with Crippen LogP contribution in [0.15, 0.2) is 18.2 Å². The third kappa shape index (κ3) is 2.05. The zero-order valence-corrected chi connectivity index (χ0v) is 10.7. The van der Waals surface area contributed by atoms with E-state index >= 15 is 0 Å². The van der Waals surface area contributed by atoms with E-state index in [2.05, 4.69) is 37.9 Å². The van der Waals surface area contributed by atoms with Crippen molar-refractivity contribution in [1.82, 2.24) is 4.98 Å². The van der Waals surface area contributed by atoms with Crippen molar-refractivity contribution in [2.75, 3.05) is 0 Å². The van der Waals surface area contributed by atoms with Gasteiger partial charge in [0.25, 0.3) is 0 Å². The third-order valence-corrected chi connectivity index (χ3v) is 3.07. The Morgan fingerprint density at radius 3 is 2.62 bits per heavy atom. The number of halogens is 1. The minimum absolute atomic E-state index is 0.820. The molecule has 1 aromatic carbocycles. The molecule has 0 atom stereocenters. The van der Waals surface area contributed by atoms with Gasteiger partial charge < -0.3 is 0 Å². The number of rotatable bonds is 2. The predicted octanol–water partition coefficient (Wildman–Crippen LogP) is 4.46. The van der Waals surface area contributed by atoms with Crippen LogP contribution in [-0.4, -0.2) is 4.98 Å². The van der Waals surface area contributed by atoms with E-state index in [4.69, 9.17) is 11.6 Å². The molecule has 0 aliphatic rings. The first kappa shape index (κ1) is 11.4. The minimum Gasteiger partial charge on any atom is -0.252 e. The fraction of sp³-hybridized carbons (Fsp3) is 0.357. The van der Waals surface area contributed by atoms with Crippen LogP contribution in [0.1, 0.15) is 30.2 Å². The average Bonchev–Trinajstić information content (AvgIpc) is 2.20. The lowest BCUT2D eigenvalue weighted by Crippen LogP contribution is -1.93. The molecule has 0 amide bonds. The Morgan fingerprint density at radius 1 is 1.19 bits per heavy atom. The number of aromatic nitrogens is 1. The second kappa shape index (κ2) is 4.42. The molecule has 0 aliphatic carbocycles. The molecule has 0 unspecified atom stereocenters. The van der Waals surface area contributed by atoms with Crippen molar-refractivity contribution in [1.29, 1.82) is 0 Å². The van der Waals surface area contributed by atoms with E-state index in [9.17, 15) is 0 Å². The molecule has 0 spiro atoms. The van der Waals surface area contributed by atoms with Crippen molar-refractivity contribution in [3.63, 3.8) is 0 Å². The highest BCUT2D eigenvalue weighted by atomic mass is 35.5. The van der Waals surface area contributed by atoms with E-state index in [1.54, 1.807) is 0 Å². The van der Waals surface area contributed by atoms with Crippen LogP contribution in [-0.2, 0) is 6.42 Å². The van der Waals surface area contributed by atoms with E-state index < -0.39 is 0 Å². The van der Waals surface area contributed by atoms with Crippen LogP contribution in [0.2, 0.25) is 5.02 Å². The topological polar surface area (TPSA) is 12.9 Å². The number of fused-ring (bicyclic) bond motifs is 1. The van der Waals surface area contributed by atoms with Gasteiger partial charge in [-0.1, -0.05) is 36.6 Å². The number of pyridine rings is 1. The SMILES string of the molecule is CCCc1cc(Cl)c2cc(C)cc(C)c2n1. The summed E-state index contributed by atoms with van der Waals surface area (Å²) in [5.74, 6) is 0. The van der Waals surface area contributed by atoms with Crippen LogP contribution < -0.4 is 0 Å². The Bertz CT molecular complexity index is 532. The first-order valence-corrected chi connectivity index (χ1v) is 6.06. The van der Waals surface area contributed by atoms with Crippen LogP contribution in [0.5, 0.6) is 0 Å². The number of hydrogen-bond donors (Lipinski definition) is 0. The Labute approximate surface area is 101 Å². The van der Waals surface area contributed by atoms with Gasteiger partial charge in [0.1, 0.15) is 0 Å². The molecular formula is C14H16ClN. The molecule has 2 heteroatoms. The molecule has 0 fully saturated rings. The van der Waals surface area contributed by atoms with E-state index in [0.717, 1.165) is 34.5 Å². The lowest BCUT2D eigenvalue weighted by Gasteiger charge is -2.08. The Morgan fingerprint density at radius 2 is 1.94 bits per heavy atom. The summed E-state index contributed by atoms with van der Waals surface area (Å²) < 4.78 is 0. The van der Waals surface area contributed by atoms with Crippen molar-refractivity contribution in [3.05, 3.63) is 40.0 Å². The van der Waals surface area contributed by atoms with Crippen molar-refractivity contribution >= 4 is 22.5 Å². The van der Waals surface area contributed by atoms with Crippen molar-refractivity contribution < 1.29 is 0 Å². The number of benzene rings is 1. The summed E-state index contributed by atoms with van der Waals surface area (Å²) in [4.78, 5) is 4.68. The Balaban J connectivity index is 2.71. The maximum absolute atomic E-state index is 6.30. The molecule has 2 rings (SSSR count). The Kier molecular flexibility index (Phi) is 3.15. The maximum Gasteiger partial charge on any atom is 0.0749 e. The molecule has 0 bridgehead atoms. The van der Waals surface area contributed by atoms with E-state index in [1.807, 2.05) is 6.07 Å². The molecule has 0 radical (unpaired) electrons. The van der Waals surface area contributed by atoms with Crippen molar-refractivity contribution in [2.45, 2.75) is 33.6 Å². The van der Waals surface area contributed by atoms with Gasteiger partial charge >= 0.3 is 0 Å². The standard InChI is InChI=1S/C14H16ClN/c1-4-5-11-8-13(15)12-7-9(2)6-10(3)14(12)16-11/h6-8H,4-5H2,1-3H3. The lowest BCUT2D eigenvalue weighted by atomic mass is 10.1. The molecule has 0 saturated heterocycles. The number of nitrogens with zero attached hydrogens (tertiary/aromatic N) is 1. The zero-order chi connectivity index (χ0) is 11.7. The molecule has 2 aromatic rings. The number of hydrogen-bond acceptors (Lipinski definition) is 1. The molecule has 0 saturated carbocycles. The van der Waals surface area contributed by atoms with Crippen molar-refractivity contribution in [3.8, 4) is 0 Å². The second-order valence-corrected chi connectivity index (χ2v) is 4.73. The molecule has 1 heterocycles. The zero-order valence-electron chi connectivity index (χ0n) is 9.97. The van der Waals surface area contributed by atoms with Gasteiger partial charge in [0.05, 0.1) is 10.5 Å². The highest BCUT2D eigenvalue weighted by Gasteiger charge is 2.06. The van der Waals surface area contributed by atoms with Crippen molar-refractivity contribution in [2.24, 2.45) is 0 Å². The van der Waals surface area contributed by atoms with Crippen LogP contribution in [0.25, 0.3) is 10.9 Å². The minimum atomic E-state index is 0.820. The number of aryl methyl sites for hydroxylation is 3. The van der Waals surface area contributed by atoms with Gasteiger partial charge in [-0.15, -0.1) is 0 Å². The fourth-order valence-corrected chi connectivity index (χ4v) is 2.34. The van der Waals surface area contributed by atoms with Crippen LogP contribution in [0.4, 0.5) is 0 Å². The molecule has 84 valence electrons. The lowest BCUT2D eigenvalue weighted by molar-refractivity contribution is 0.889. The molecule has 1 aromatic heterocycles. The van der Waals surface area contributed by atoms with Gasteiger partial charge in [-0.3, -0.25) is 4.98 Å². The van der Waals surface area contributed by atoms with Gasteiger partial charge in [0.15, 0.2) is 0 Å². The van der Waals surface area contributed by atoms with Crippen LogP contribution >= 0.6 is 11.6 Å². The van der Waals surface area contributed by atoms with Gasteiger partial charge in [-0.05, 0) is 38.0 Å². The summed E-state index contributed by atoms with van der Waals surface area (Å²) in [7, 11) is 0. The Hall–Kier alpha value is -1.08. The third-order valence-electron chi connectivity index (χ3n) is 2.76. The quantitative estimate of drug-likeness (QED) is 0.747. The average molecular weight is 234 g/mol. The molecule has 1 nitrogen and oxygen atoms in total. The molecule has 0 N–H and O–H groups in total. The van der Waals surface area contributed by atoms with Gasteiger partial charge in [0, 0.05) is 11.1 Å². The van der Waals surface area contributed by atoms with Gasteiger partial charge in [-0.25, -0.2) is 0 Å². The predicted molar refractivity (Wildman–Crippen MR) is 70.2 cm³/mol. The summed E-state index contributed by atoms with van der Waals surface area (Å²) in [5, 5.41) is 1.89. The van der Waals surface area contributed by atoms with Gasteiger partial charge in [0.2, 0.25) is 0 Å². The summed E-state index contributed by atoms with van der Waals surface area (Å²) in [6.45, 7) is 6.33. The van der Waals surface area contributed by atoms with E-state index in [-0.39, 0.29) is 0 Å². The monoisotopic (exact) mass is 233 g/mol. The molecule has 0 aliphatic heterocycles.